The number of nitrogens with two attached hydrogens (primary N) is 2. The van der Waals surface area contributed by atoms with Crippen molar-refractivity contribution in [2.24, 2.45) is 5.73 Å². The van der Waals surface area contributed by atoms with E-state index >= 15 is 0 Å². The monoisotopic (exact) mass is 240 g/mol. The molecule has 0 radical (unpaired) electrons. The molecule has 0 bridgehead atoms. The maximum Gasteiger partial charge on any atom is 0.0328 e. The predicted molar refractivity (Wildman–Crippen MR) is 58.4 cm³/mol. The summed E-state index contributed by atoms with van der Waals surface area (Å²) in [6.45, 7) is 0. The van der Waals surface area contributed by atoms with Gasteiger partial charge in [-0.3, -0.25) is 0 Å². The number of halogens is 1. The Morgan fingerprint density at radius 2 is 2.15 bits per heavy atom. The number of aryl methyl sites for hydroxylation is 1. The Bertz CT molecular complexity index is 336. The normalized spacial score (nSPS) is 21.2. The van der Waals surface area contributed by atoms with Crippen molar-refractivity contribution < 1.29 is 0 Å². The first-order valence-corrected chi connectivity index (χ1v) is 5.31. The molecular formula is C10H13BrN2. The minimum atomic E-state index is 0.179. The first-order valence-electron chi connectivity index (χ1n) is 4.52. The van der Waals surface area contributed by atoms with Gasteiger partial charge in [0.25, 0.3) is 0 Å². The van der Waals surface area contributed by atoms with Crippen molar-refractivity contribution in [1.82, 2.24) is 0 Å². The first-order chi connectivity index (χ1) is 6.18. The lowest BCUT2D eigenvalue weighted by molar-refractivity contribution is 0.568. The molecular weight excluding hydrogens is 228 g/mol. The molecule has 0 aliphatic heterocycles. The number of hydrogen-bond donors (Lipinski definition) is 2. The molecule has 1 aliphatic rings. The highest BCUT2D eigenvalue weighted by atomic mass is 79.9. The lowest BCUT2D eigenvalue weighted by Crippen LogP contribution is -2.18. The maximum atomic E-state index is 6.03. The maximum absolute atomic E-state index is 6.03. The van der Waals surface area contributed by atoms with Gasteiger partial charge in [0.15, 0.2) is 0 Å². The molecule has 0 aromatic heterocycles. The molecule has 2 rings (SSSR count). The van der Waals surface area contributed by atoms with E-state index in [1.807, 2.05) is 12.1 Å². The Morgan fingerprint density at radius 1 is 1.38 bits per heavy atom. The van der Waals surface area contributed by atoms with Crippen molar-refractivity contribution >= 4 is 21.6 Å². The Morgan fingerprint density at radius 3 is 2.92 bits per heavy atom. The molecule has 0 amide bonds. The zero-order valence-corrected chi connectivity index (χ0v) is 8.97. The van der Waals surface area contributed by atoms with Crippen LogP contribution in [0.1, 0.15) is 30.0 Å². The minimum absolute atomic E-state index is 0.179. The number of hydrogen-bond acceptors (Lipinski definition) is 2. The molecule has 0 fully saturated rings. The lowest BCUT2D eigenvalue weighted by Gasteiger charge is -2.23. The summed E-state index contributed by atoms with van der Waals surface area (Å²) in [7, 11) is 0. The third-order valence-electron chi connectivity index (χ3n) is 2.57. The van der Waals surface area contributed by atoms with Gasteiger partial charge in [0.2, 0.25) is 0 Å². The summed E-state index contributed by atoms with van der Waals surface area (Å²) in [4.78, 5) is 0. The second-order valence-corrected chi connectivity index (χ2v) is 4.43. The van der Waals surface area contributed by atoms with E-state index in [4.69, 9.17) is 11.5 Å². The highest BCUT2D eigenvalue weighted by Crippen LogP contribution is 2.35. The molecule has 0 unspecified atom stereocenters. The molecule has 4 N–H and O–H groups in total. The van der Waals surface area contributed by atoms with Gasteiger partial charge in [0.05, 0.1) is 0 Å². The van der Waals surface area contributed by atoms with Crippen molar-refractivity contribution in [3.63, 3.8) is 0 Å². The highest BCUT2D eigenvalue weighted by molar-refractivity contribution is 9.10. The zero-order valence-electron chi connectivity index (χ0n) is 7.39. The number of rotatable bonds is 0. The van der Waals surface area contributed by atoms with Crippen LogP contribution in [0.3, 0.4) is 0 Å². The van der Waals surface area contributed by atoms with E-state index in [0.717, 1.165) is 23.0 Å². The van der Waals surface area contributed by atoms with Crippen LogP contribution in [-0.4, -0.2) is 0 Å². The van der Waals surface area contributed by atoms with Crippen LogP contribution < -0.4 is 11.5 Å². The topological polar surface area (TPSA) is 52.0 Å². The molecule has 0 spiro atoms. The molecule has 0 heterocycles. The van der Waals surface area contributed by atoms with Crippen LogP contribution in [0, 0.1) is 0 Å². The third-order valence-corrected chi connectivity index (χ3v) is 3.23. The van der Waals surface area contributed by atoms with Gasteiger partial charge in [-0.15, -0.1) is 0 Å². The second-order valence-electron chi connectivity index (χ2n) is 3.57. The van der Waals surface area contributed by atoms with Crippen LogP contribution in [0.15, 0.2) is 16.6 Å². The van der Waals surface area contributed by atoms with Crippen molar-refractivity contribution in [3.8, 4) is 0 Å². The Kier molecular flexibility index (Phi) is 2.30. The van der Waals surface area contributed by atoms with Crippen LogP contribution >= 0.6 is 15.9 Å². The molecule has 1 aromatic rings. The van der Waals surface area contributed by atoms with Gasteiger partial charge < -0.3 is 11.5 Å². The Balaban J connectivity index is 2.56. The van der Waals surface area contributed by atoms with Gasteiger partial charge in [0, 0.05) is 16.2 Å². The van der Waals surface area contributed by atoms with E-state index in [2.05, 4.69) is 15.9 Å². The SMILES string of the molecule is Nc1cc(Br)c2c(c1)CCC[C@H]2N. The van der Waals surface area contributed by atoms with E-state index in [1.54, 1.807) is 0 Å². The van der Waals surface area contributed by atoms with Crippen LogP contribution in [0.25, 0.3) is 0 Å². The van der Waals surface area contributed by atoms with Gasteiger partial charge in [0.1, 0.15) is 0 Å². The molecule has 1 aromatic carbocycles. The van der Waals surface area contributed by atoms with E-state index in [9.17, 15) is 0 Å². The van der Waals surface area contributed by atoms with Crippen molar-refractivity contribution in [1.29, 1.82) is 0 Å². The Labute approximate surface area is 86.4 Å². The summed E-state index contributed by atoms with van der Waals surface area (Å²) in [5, 5.41) is 0. The summed E-state index contributed by atoms with van der Waals surface area (Å²) in [5.74, 6) is 0. The quantitative estimate of drug-likeness (QED) is 0.685. The average molecular weight is 241 g/mol. The molecule has 0 saturated heterocycles. The van der Waals surface area contributed by atoms with Crippen LogP contribution in [0.2, 0.25) is 0 Å². The van der Waals surface area contributed by atoms with Gasteiger partial charge in [-0.05, 0) is 42.5 Å². The average Bonchev–Trinajstić information content (AvgIpc) is 2.02. The summed E-state index contributed by atoms with van der Waals surface area (Å²) in [5.41, 5.74) is 15.2. The molecule has 13 heavy (non-hydrogen) atoms. The summed E-state index contributed by atoms with van der Waals surface area (Å²) in [6.07, 6.45) is 3.35. The number of benzene rings is 1. The molecule has 2 nitrogen and oxygen atoms in total. The van der Waals surface area contributed by atoms with Crippen molar-refractivity contribution in [2.45, 2.75) is 25.3 Å². The molecule has 3 heteroatoms. The number of fused-ring (bicyclic) bond motifs is 1. The second kappa shape index (κ2) is 3.31. The van der Waals surface area contributed by atoms with Gasteiger partial charge in [-0.2, -0.15) is 0 Å². The predicted octanol–water partition coefficient (Wildman–Crippen LogP) is 2.37. The molecule has 0 saturated carbocycles. The largest absolute Gasteiger partial charge is 0.399 e. The first kappa shape index (κ1) is 9.03. The standard InChI is InChI=1S/C10H13BrN2/c11-8-5-7(12)4-6-2-1-3-9(13)10(6)8/h4-5,9H,1-3,12-13H2/t9-/m1/s1. The van der Waals surface area contributed by atoms with E-state index in [1.165, 1.54) is 17.5 Å². The van der Waals surface area contributed by atoms with Crippen LogP contribution in [-0.2, 0) is 6.42 Å². The van der Waals surface area contributed by atoms with Crippen LogP contribution in [0.4, 0.5) is 5.69 Å². The van der Waals surface area contributed by atoms with Gasteiger partial charge >= 0.3 is 0 Å². The molecule has 1 atom stereocenters. The van der Waals surface area contributed by atoms with Crippen LogP contribution in [0.5, 0.6) is 0 Å². The fraction of sp³-hybridized carbons (Fsp3) is 0.400. The summed E-state index contributed by atoms with van der Waals surface area (Å²) in [6, 6.07) is 4.15. The number of nitrogen functional groups attached to an aromatic ring is 1. The highest BCUT2D eigenvalue weighted by Gasteiger charge is 2.19. The summed E-state index contributed by atoms with van der Waals surface area (Å²) < 4.78 is 1.06. The third kappa shape index (κ3) is 1.58. The molecule has 1 aliphatic carbocycles. The Hall–Kier alpha value is -0.540. The fourth-order valence-corrected chi connectivity index (χ4v) is 2.79. The van der Waals surface area contributed by atoms with Crippen molar-refractivity contribution in [2.75, 3.05) is 5.73 Å². The van der Waals surface area contributed by atoms with Crippen molar-refractivity contribution in [3.05, 3.63) is 27.7 Å². The van der Waals surface area contributed by atoms with Gasteiger partial charge in [-0.25, -0.2) is 0 Å². The van der Waals surface area contributed by atoms with E-state index in [0.29, 0.717) is 0 Å². The van der Waals surface area contributed by atoms with Gasteiger partial charge in [-0.1, -0.05) is 15.9 Å². The van der Waals surface area contributed by atoms with E-state index in [-0.39, 0.29) is 6.04 Å². The minimum Gasteiger partial charge on any atom is -0.399 e. The summed E-state index contributed by atoms with van der Waals surface area (Å²) >= 11 is 3.51. The lowest BCUT2D eigenvalue weighted by atomic mass is 9.88. The van der Waals surface area contributed by atoms with E-state index < -0.39 is 0 Å². The fourth-order valence-electron chi connectivity index (χ4n) is 1.98. The zero-order chi connectivity index (χ0) is 9.42. The smallest absolute Gasteiger partial charge is 0.0328 e. The molecule has 70 valence electrons. The number of anilines is 1.